The molecule has 23 heavy (non-hydrogen) atoms. The van der Waals surface area contributed by atoms with E-state index in [1.165, 1.54) is 0 Å². The van der Waals surface area contributed by atoms with Gasteiger partial charge in [0, 0.05) is 0 Å². The number of nitrogens with one attached hydrogen (secondary N) is 1. The SMILES string of the molecule is N#C/C(=C(/O)COC(=O)C1CCCC1)c1nc2ccccc2[nH]1. The Balaban J connectivity index is 1.76. The Morgan fingerprint density at radius 1 is 1.39 bits per heavy atom. The van der Waals surface area contributed by atoms with Gasteiger partial charge in [-0.1, -0.05) is 25.0 Å². The number of allylic oxidation sites excluding steroid dienone is 1. The summed E-state index contributed by atoms with van der Waals surface area (Å²) in [7, 11) is 0. The Morgan fingerprint density at radius 3 is 2.83 bits per heavy atom. The van der Waals surface area contributed by atoms with Crippen LogP contribution in [0.15, 0.2) is 30.0 Å². The van der Waals surface area contributed by atoms with Crippen molar-refractivity contribution in [1.82, 2.24) is 9.97 Å². The number of ether oxygens (including phenoxy) is 1. The summed E-state index contributed by atoms with van der Waals surface area (Å²) in [4.78, 5) is 19.1. The van der Waals surface area contributed by atoms with Crippen LogP contribution in [-0.4, -0.2) is 27.7 Å². The maximum Gasteiger partial charge on any atom is 0.309 e. The fraction of sp³-hybridized carbons (Fsp3) is 0.353. The van der Waals surface area contributed by atoms with E-state index in [9.17, 15) is 15.2 Å². The summed E-state index contributed by atoms with van der Waals surface area (Å²) in [5.74, 6) is -0.420. The Morgan fingerprint density at radius 2 is 2.13 bits per heavy atom. The summed E-state index contributed by atoms with van der Waals surface area (Å²) in [6, 6.07) is 9.25. The lowest BCUT2D eigenvalue weighted by Crippen LogP contribution is -2.16. The van der Waals surface area contributed by atoms with Gasteiger partial charge in [-0.2, -0.15) is 5.26 Å². The quantitative estimate of drug-likeness (QED) is 0.513. The second-order valence-corrected chi connectivity index (χ2v) is 5.63. The fourth-order valence-electron chi connectivity index (χ4n) is 2.82. The molecule has 0 radical (unpaired) electrons. The molecule has 1 aromatic heterocycles. The number of esters is 1. The molecule has 3 rings (SSSR count). The number of hydrogen-bond acceptors (Lipinski definition) is 5. The van der Waals surface area contributed by atoms with E-state index in [0.29, 0.717) is 5.52 Å². The second-order valence-electron chi connectivity index (χ2n) is 5.63. The summed E-state index contributed by atoms with van der Waals surface area (Å²) in [6.07, 6.45) is 3.73. The van der Waals surface area contributed by atoms with Crippen LogP contribution in [0, 0.1) is 17.2 Å². The first-order valence-electron chi connectivity index (χ1n) is 7.63. The number of H-pyrrole nitrogens is 1. The van der Waals surface area contributed by atoms with E-state index in [4.69, 9.17) is 4.74 Å². The van der Waals surface area contributed by atoms with Crippen molar-refractivity contribution in [2.24, 2.45) is 5.92 Å². The normalized spacial score (nSPS) is 16.1. The number of hydrogen-bond donors (Lipinski definition) is 2. The first-order valence-corrected chi connectivity index (χ1v) is 7.63. The second kappa shape index (κ2) is 6.53. The highest BCUT2D eigenvalue weighted by atomic mass is 16.5. The minimum Gasteiger partial charge on any atom is -0.507 e. The van der Waals surface area contributed by atoms with Gasteiger partial charge in [0.15, 0.2) is 11.6 Å². The van der Waals surface area contributed by atoms with Crippen LogP contribution in [0.1, 0.15) is 31.5 Å². The Kier molecular flexibility index (Phi) is 4.29. The van der Waals surface area contributed by atoms with Crippen molar-refractivity contribution >= 4 is 22.6 Å². The van der Waals surface area contributed by atoms with Crippen LogP contribution >= 0.6 is 0 Å². The number of carbonyl (C=O) groups is 1. The third kappa shape index (κ3) is 3.19. The third-order valence-corrected chi connectivity index (χ3v) is 4.07. The van der Waals surface area contributed by atoms with Crippen molar-refractivity contribution in [2.45, 2.75) is 25.7 Å². The molecule has 1 aliphatic rings. The van der Waals surface area contributed by atoms with Crippen LogP contribution in [0.4, 0.5) is 0 Å². The van der Waals surface area contributed by atoms with Crippen LogP contribution < -0.4 is 0 Å². The zero-order chi connectivity index (χ0) is 16.2. The van der Waals surface area contributed by atoms with E-state index in [-0.39, 0.29) is 35.7 Å². The smallest absolute Gasteiger partial charge is 0.309 e. The lowest BCUT2D eigenvalue weighted by molar-refractivity contribution is -0.148. The zero-order valence-electron chi connectivity index (χ0n) is 12.6. The van der Waals surface area contributed by atoms with Crippen LogP contribution in [0.25, 0.3) is 16.6 Å². The number of aliphatic hydroxyl groups excluding tert-OH is 1. The van der Waals surface area contributed by atoms with Gasteiger partial charge in [0.1, 0.15) is 18.2 Å². The molecule has 1 fully saturated rings. The van der Waals surface area contributed by atoms with E-state index in [1.54, 1.807) is 0 Å². The minimum absolute atomic E-state index is 0.0135. The van der Waals surface area contributed by atoms with Gasteiger partial charge < -0.3 is 14.8 Å². The molecule has 6 nitrogen and oxygen atoms in total. The topological polar surface area (TPSA) is 99.0 Å². The number of aliphatic hydroxyl groups is 1. The van der Waals surface area contributed by atoms with Gasteiger partial charge in [-0.3, -0.25) is 4.79 Å². The van der Waals surface area contributed by atoms with Crippen molar-refractivity contribution in [1.29, 1.82) is 5.26 Å². The molecule has 1 aliphatic carbocycles. The first-order chi connectivity index (χ1) is 11.2. The van der Waals surface area contributed by atoms with E-state index in [2.05, 4.69) is 9.97 Å². The van der Waals surface area contributed by atoms with Crippen LogP contribution in [0.3, 0.4) is 0 Å². The number of nitriles is 1. The van der Waals surface area contributed by atoms with Crippen molar-refractivity contribution in [3.05, 3.63) is 35.8 Å². The zero-order valence-corrected chi connectivity index (χ0v) is 12.6. The molecule has 2 aromatic rings. The van der Waals surface area contributed by atoms with E-state index in [0.717, 1.165) is 31.2 Å². The van der Waals surface area contributed by atoms with Crippen molar-refractivity contribution in [2.75, 3.05) is 6.61 Å². The lowest BCUT2D eigenvalue weighted by atomic mass is 10.1. The Bertz CT molecular complexity index is 762. The van der Waals surface area contributed by atoms with Gasteiger partial charge >= 0.3 is 5.97 Å². The van der Waals surface area contributed by atoms with E-state index >= 15 is 0 Å². The van der Waals surface area contributed by atoms with Gasteiger partial charge in [0.05, 0.1) is 17.0 Å². The van der Waals surface area contributed by atoms with Crippen LogP contribution in [-0.2, 0) is 9.53 Å². The van der Waals surface area contributed by atoms with Gasteiger partial charge in [-0.25, -0.2) is 4.98 Å². The van der Waals surface area contributed by atoms with Crippen LogP contribution in [0.5, 0.6) is 0 Å². The lowest BCUT2D eigenvalue weighted by Gasteiger charge is -2.09. The largest absolute Gasteiger partial charge is 0.507 e. The summed E-state index contributed by atoms with van der Waals surface area (Å²) < 4.78 is 5.13. The molecule has 0 aliphatic heterocycles. The summed E-state index contributed by atoms with van der Waals surface area (Å²) in [6.45, 7) is -0.310. The minimum atomic E-state index is -0.310. The molecule has 1 heterocycles. The van der Waals surface area contributed by atoms with Crippen molar-refractivity contribution in [3.8, 4) is 6.07 Å². The van der Waals surface area contributed by atoms with E-state index in [1.807, 2.05) is 30.3 Å². The number of nitrogens with zero attached hydrogens (tertiary/aromatic N) is 2. The van der Waals surface area contributed by atoms with Gasteiger partial charge in [0.2, 0.25) is 0 Å². The molecule has 1 saturated carbocycles. The number of fused-ring (bicyclic) bond motifs is 1. The fourth-order valence-corrected chi connectivity index (χ4v) is 2.82. The Hall–Kier alpha value is -2.81. The summed E-state index contributed by atoms with van der Waals surface area (Å²) in [5, 5.41) is 19.4. The van der Waals surface area contributed by atoms with Crippen LogP contribution in [0.2, 0.25) is 0 Å². The molecular formula is C17H17N3O3. The van der Waals surface area contributed by atoms with Gasteiger partial charge in [-0.05, 0) is 25.0 Å². The molecular weight excluding hydrogens is 294 g/mol. The maximum atomic E-state index is 11.9. The summed E-state index contributed by atoms with van der Waals surface area (Å²) in [5.41, 5.74) is 1.46. The van der Waals surface area contributed by atoms with Crippen molar-refractivity contribution in [3.63, 3.8) is 0 Å². The average molecular weight is 311 g/mol. The number of para-hydroxylation sites is 2. The molecule has 0 spiro atoms. The average Bonchev–Trinajstić information content (AvgIpc) is 3.22. The molecule has 0 atom stereocenters. The molecule has 0 saturated heterocycles. The number of carbonyl (C=O) groups excluding carboxylic acids is 1. The molecule has 0 amide bonds. The standard InChI is InChI=1S/C17H17N3O3/c18-9-12(16-19-13-7-3-4-8-14(13)20-16)15(21)10-23-17(22)11-5-1-2-6-11/h3-4,7-8,11,21H,1-2,5-6,10H2,(H,19,20)/b15-12-. The van der Waals surface area contributed by atoms with E-state index < -0.39 is 0 Å². The number of benzene rings is 1. The number of aromatic nitrogens is 2. The summed E-state index contributed by atoms with van der Waals surface area (Å²) >= 11 is 0. The highest BCUT2D eigenvalue weighted by Crippen LogP contribution is 2.26. The first kappa shape index (κ1) is 15.1. The highest BCUT2D eigenvalue weighted by molar-refractivity contribution is 5.83. The van der Waals surface area contributed by atoms with Crippen molar-refractivity contribution < 1.29 is 14.6 Å². The molecule has 0 bridgehead atoms. The number of imidazole rings is 1. The van der Waals surface area contributed by atoms with Gasteiger partial charge in [0.25, 0.3) is 0 Å². The maximum absolute atomic E-state index is 11.9. The monoisotopic (exact) mass is 311 g/mol. The molecule has 118 valence electrons. The number of aromatic amines is 1. The molecule has 2 N–H and O–H groups in total. The molecule has 1 aromatic carbocycles. The predicted molar refractivity (Wildman–Crippen MR) is 84.2 cm³/mol. The third-order valence-electron chi connectivity index (χ3n) is 4.07. The van der Waals surface area contributed by atoms with Gasteiger partial charge in [-0.15, -0.1) is 0 Å². The molecule has 6 heteroatoms. The molecule has 0 unspecified atom stereocenters. The predicted octanol–water partition coefficient (Wildman–Crippen LogP) is 3.09. The Labute approximate surface area is 133 Å². The highest BCUT2D eigenvalue weighted by Gasteiger charge is 2.24. The number of rotatable bonds is 4.